The van der Waals surface area contributed by atoms with Gasteiger partial charge in [-0.05, 0) is 31.1 Å². The van der Waals surface area contributed by atoms with Gasteiger partial charge in [-0.1, -0.05) is 65.2 Å². The summed E-state index contributed by atoms with van der Waals surface area (Å²) in [5, 5.41) is 0. The first-order chi connectivity index (χ1) is 13.1. The van der Waals surface area contributed by atoms with Crippen LogP contribution < -0.4 is 0 Å². The largest absolute Gasteiger partial charge is 0.326 e. The summed E-state index contributed by atoms with van der Waals surface area (Å²) in [6.07, 6.45) is 16.6. The van der Waals surface area contributed by atoms with Crippen LogP contribution in [-0.4, -0.2) is 21.5 Å². The average molecular weight is 370 g/mol. The lowest BCUT2D eigenvalue weighted by Crippen LogP contribution is -2.13. The van der Waals surface area contributed by atoms with Gasteiger partial charge in [-0.3, -0.25) is 9.79 Å². The van der Waals surface area contributed by atoms with E-state index >= 15 is 0 Å². The first kappa shape index (κ1) is 26.5. The highest BCUT2D eigenvalue weighted by atomic mass is 16.1. The lowest BCUT2D eigenvalue weighted by Gasteiger charge is -2.08. The molecule has 0 unspecified atom stereocenters. The van der Waals surface area contributed by atoms with Gasteiger partial charge in [0.15, 0.2) is 5.78 Å². The molecule has 0 aliphatic rings. The third kappa shape index (κ3) is 11.5. The first-order valence-electron chi connectivity index (χ1n) is 9.39. The van der Waals surface area contributed by atoms with Gasteiger partial charge in [0.05, 0.1) is 12.9 Å². The Hall–Kier alpha value is -2.75. The van der Waals surface area contributed by atoms with Crippen molar-refractivity contribution in [3.05, 3.63) is 79.1 Å². The van der Waals surface area contributed by atoms with E-state index < -0.39 is 0 Å². The molecule has 1 heterocycles. The van der Waals surface area contributed by atoms with E-state index in [0.717, 1.165) is 11.3 Å². The fraction of sp³-hybridized carbons (Fsp3) is 0.348. The van der Waals surface area contributed by atoms with Crippen molar-refractivity contribution in [3.8, 4) is 0 Å². The SMILES string of the molecule is C=C/C=C(\C=C/C)Cc1cncn1CC(=O)/C(C)=C/C=NC=C.CC.CC. The molecule has 0 atom stereocenters. The van der Waals surface area contributed by atoms with Crippen molar-refractivity contribution in [1.29, 1.82) is 0 Å². The van der Waals surface area contributed by atoms with Crippen LogP contribution in [0.3, 0.4) is 0 Å². The highest BCUT2D eigenvalue weighted by Crippen LogP contribution is 2.11. The Morgan fingerprint density at radius 1 is 1.22 bits per heavy atom. The molecular weight excluding hydrogens is 334 g/mol. The fourth-order valence-electron chi connectivity index (χ4n) is 1.97. The quantitative estimate of drug-likeness (QED) is 0.309. The molecule has 0 N–H and O–H groups in total. The summed E-state index contributed by atoms with van der Waals surface area (Å²) >= 11 is 0. The van der Waals surface area contributed by atoms with Crippen molar-refractivity contribution in [3.63, 3.8) is 0 Å². The zero-order chi connectivity index (χ0) is 21.1. The lowest BCUT2D eigenvalue weighted by molar-refractivity contribution is -0.116. The van der Waals surface area contributed by atoms with Crippen molar-refractivity contribution in [2.75, 3.05) is 0 Å². The molecule has 0 bridgehead atoms. The summed E-state index contributed by atoms with van der Waals surface area (Å²) in [5.74, 6) is 0.0278. The summed E-state index contributed by atoms with van der Waals surface area (Å²) in [6.45, 7) is 19.2. The Bertz CT molecular complexity index is 674. The number of hydrogen-bond donors (Lipinski definition) is 0. The van der Waals surface area contributed by atoms with Crippen molar-refractivity contribution < 1.29 is 4.79 Å². The molecule has 0 spiro atoms. The number of imidazole rings is 1. The summed E-state index contributed by atoms with van der Waals surface area (Å²) in [5.41, 5.74) is 2.74. The van der Waals surface area contributed by atoms with Crippen LogP contribution in [0.5, 0.6) is 0 Å². The van der Waals surface area contributed by atoms with Gasteiger partial charge >= 0.3 is 0 Å². The topological polar surface area (TPSA) is 47.2 Å². The molecule has 27 heavy (non-hydrogen) atoms. The molecule has 1 rings (SSSR count). The Labute approximate surface area is 165 Å². The summed E-state index contributed by atoms with van der Waals surface area (Å²) in [6, 6.07) is 0. The molecular formula is C23H35N3O. The molecule has 0 aromatic carbocycles. The van der Waals surface area contributed by atoms with Gasteiger partial charge in [0.25, 0.3) is 0 Å². The van der Waals surface area contributed by atoms with E-state index in [2.05, 4.69) is 23.1 Å². The van der Waals surface area contributed by atoms with E-state index in [-0.39, 0.29) is 12.3 Å². The first-order valence-corrected chi connectivity index (χ1v) is 9.39. The van der Waals surface area contributed by atoms with Crippen LogP contribution >= 0.6 is 0 Å². The molecule has 0 aliphatic heterocycles. The molecule has 1 aromatic rings. The van der Waals surface area contributed by atoms with Crippen LogP contribution in [0.1, 0.15) is 47.2 Å². The maximum Gasteiger partial charge on any atom is 0.178 e. The minimum atomic E-state index is 0.0278. The molecule has 148 valence electrons. The summed E-state index contributed by atoms with van der Waals surface area (Å²) in [4.78, 5) is 20.3. The smallest absolute Gasteiger partial charge is 0.178 e. The van der Waals surface area contributed by atoms with Gasteiger partial charge in [-0.15, -0.1) is 0 Å². The van der Waals surface area contributed by atoms with Crippen LogP contribution in [0.15, 0.2) is 78.4 Å². The minimum absolute atomic E-state index is 0.0278. The maximum atomic E-state index is 12.2. The number of hydrogen-bond acceptors (Lipinski definition) is 3. The third-order valence-corrected chi connectivity index (χ3v) is 3.17. The molecule has 0 radical (unpaired) electrons. The zero-order valence-corrected chi connectivity index (χ0v) is 17.8. The number of aromatic nitrogens is 2. The number of ketones is 1. The Balaban J connectivity index is 0. The third-order valence-electron chi connectivity index (χ3n) is 3.17. The number of rotatable bonds is 9. The molecule has 4 heteroatoms. The van der Waals surface area contributed by atoms with Crippen molar-refractivity contribution in [1.82, 2.24) is 9.55 Å². The number of allylic oxidation sites excluding steroid dienone is 7. The lowest BCUT2D eigenvalue weighted by atomic mass is 10.1. The number of carbonyl (C=O) groups excluding carboxylic acids is 1. The molecule has 0 amide bonds. The molecule has 4 nitrogen and oxygen atoms in total. The second-order valence-electron chi connectivity index (χ2n) is 4.92. The van der Waals surface area contributed by atoms with Crippen LogP contribution in [0, 0.1) is 0 Å². The van der Waals surface area contributed by atoms with Gasteiger partial charge in [0.1, 0.15) is 0 Å². The highest BCUT2D eigenvalue weighted by Gasteiger charge is 2.09. The summed E-state index contributed by atoms with van der Waals surface area (Å²) in [7, 11) is 0. The minimum Gasteiger partial charge on any atom is -0.326 e. The van der Waals surface area contributed by atoms with Crippen LogP contribution in [0.25, 0.3) is 0 Å². The average Bonchev–Trinajstić information content (AvgIpc) is 3.12. The van der Waals surface area contributed by atoms with E-state index in [1.54, 1.807) is 37.8 Å². The number of carbonyl (C=O) groups is 1. The fourth-order valence-corrected chi connectivity index (χ4v) is 1.97. The van der Waals surface area contributed by atoms with E-state index in [9.17, 15) is 4.79 Å². The maximum absolute atomic E-state index is 12.2. The monoisotopic (exact) mass is 369 g/mol. The van der Waals surface area contributed by atoms with Gasteiger partial charge in [-0.2, -0.15) is 0 Å². The number of aliphatic imine (C=N–C) groups is 1. The zero-order valence-electron chi connectivity index (χ0n) is 17.8. The number of nitrogens with zero attached hydrogens (tertiary/aromatic N) is 3. The van der Waals surface area contributed by atoms with Crippen LogP contribution in [-0.2, 0) is 17.8 Å². The Morgan fingerprint density at radius 3 is 2.44 bits per heavy atom. The van der Waals surface area contributed by atoms with Crippen molar-refractivity contribution in [2.24, 2.45) is 4.99 Å². The predicted octanol–water partition coefficient (Wildman–Crippen LogP) is 5.90. The van der Waals surface area contributed by atoms with Crippen molar-refractivity contribution in [2.45, 2.75) is 54.5 Å². The van der Waals surface area contributed by atoms with E-state index in [1.807, 2.05) is 57.4 Å². The molecule has 0 aliphatic carbocycles. The molecule has 0 fully saturated rings. The Kier molecular flexibility index (Phi) is 17.7. The Morgan fingerprint density at radius 2 is 1.89 bits per heavy atom. The predicted molar refractivity (Wildman–Crippen MR) is 119 cm³/mol. The van der Waals surface area contributed by atoms with Gasteiger partial charge in [0.2, 0.25) is 0 Å². The standard InChI is InChI=1S/C19H23N3O.2C2H6/c1-5-8-17(9-6-2)12-18-13-21-15-22(18)14-19(23)16(4)10-11-20-7-3;2*1-2/h5-11,13,15H,1,3,12,14H2,2,4H3;2*1-2H3/b9-6-,16-10+,17-8+,20-11?;;. The summed E-state index contributed by atoms with van der Waals surface area (Å²) < 4.78 is 1.87. The van der Waals surface area contributed by atoms with E-state index in [0.29, 0.717) is 12.0 Å². The van der Waals surface area contributed by atoms with Gasteiger partial charge < -0.3 is 4.57 Å². The van der Waals surface area contributed by atoms with Gasteiger partial charge in [-0.25, -0.2) is 4.98 Å². The molecule has 0 saturated heterocycles. The molecule has 0 saturated carbocycles. The molecule has 1 aromatic heterocycles. The number of Topliss-reactive ketones (excluding diaryl/α,β-unsaturated/α-hetero) is 1. The van der Waals surface area contributed by atoms with E-state index in [1.165, 1.54) is 6.20 Å². The van der Waals surface area contributed by atoms with E-state index in [4.69, 9.17) is 0 Å². The van der Waals surface area contributed by atoms with Crippen LogP contribution in [0.2, 0.25) is 0 Å². The van der Waals surface area contributed by atoms with Crippen LogP contribution in [0.4, 0.5) is 0 Å². The normalized spacial score (nSPS) is 11.5. The van der Waals surface area contributed by atoms with Crippen molar-refractivity contribution >= 4 is 12.0 Å². The van der Waals surface area contributed by atoms with Gasteiger partial charge in [0, 0.05) is 30.7 Å². The second kappa shape index (κ2) is 18.1. The highest BCUT2D eigenvalue weighted by molar-refractivity contribution is 5.98. The second-order valence-corrected chi connectivity index (χ2v) is 4.92.